The third kappa shape index (κ3) is 3.28. The summed E-state index contributed by atoms with van der Waals surface area (Å²) in [4.78, 5) is 21.0. The van der Waals surface area contributed by atoms with Gasteiger partial charge in [0, 0.05) is 35.9 Å². The second-order valence-electron chi connectivity index (χ2n) is 5.97. The predicted molar refractivity (Wildman–Crippen MR) is 103 cm³/mol. The van der Waals surface area contributed by atoms with Crippen molar-refractivity contribution in [3.63, 3.8) is 0 Å². The molecule has 0 amide bonds. The molecular formula is C23H16N2O. The highest BCUT2D eigenvalue weighted by atomic mass is 16.1. The molecule has 124 valence electrons. The molecule has 3 heteroatoms. The molecule has 0 aliphatic heterocycles. The highest BCUT2D eigenvalue weighted by molar-refractivity contribution is 6.09. The van der Waals surface area contributed by atoms with Gasteiger partial charge in [-0.2, -0.15) is 0 Å². The fraction of sp³-hybridized carbons (Fsp3) is 0. The summed E-state index contributed by atoms with van der Waals surface area (Å²) in [6, 6.07) is 23.1. The largest absolute Gasteiger partial charge is 0.289 e. The van der Waals surface area contributed by atoms with E-state index in [1.54, 1.807) is 12.4 Å². The van der Waals surface area contributed by atoms with Gasteiger partial charge in [-0.3, -0.25) is 14.8 Å². The number of aromatic nitrogens is 2. The van der Waals surface area contributed by atoms with Gasteiger partial charge in [0.2, 0.25) is 0 Å². The Kier molecular flexibility index (Phi) is 4.35. The van der Waals surface area contributed by atoms with Gasteiger partial charge in [-0.25, -0.2) is 0 Å². The highest BCUT2D eigenvalue weighted by Crippen LogP contribution is 2.22. The van der Waals surface area contributed by atoms with Gasteiger partial charge in [0.05, 0.1) is 0 Å². The third-order valence-electron chi connectivity index (χ3n) is 4.28. The van der Waals surface area contributed by atoms with Crippen molar-refractivity contribution >= 4 is 5.78 Å². The van der Waals surface area contributed by atoms with E-state index >= 15 is 0 Å². The van der Waals surface area contributed by atoms with Gasteiger partial charge in [0.25, 0.3) is 0 Å². The molecule has 0 saturated carbocycles. The van der Waals surface area contributed by atoms with Crippen LogP contribution < -0.4 is 0 Å². The van der Waals surface area contributed by atoms with Crippen molar-refractivity contribution in [2.45, 2.75) is 0 Å². The van der Waals surface area contributed by atoms with Gasteiger partial charge >= 0.3 is 0 Å². The quantitative estimate of drug-likeness (QED) is 0.490. The van der Waals surface area contributed by atoms with Crippen molar-refractivity contribution in [1.82, 2.24) is 9.97 Å². The van der Waals surface area contributed by atoms with Crippen LogP contribution in [0.25, 0.3) is 22.3 Å². The summed E-state index contributed by atoms with van der Waals surface area (Å²) in [5, 5.41) is 0. The number of benzene rings is 2. The molecule has 0 N–H and O–H groups in total. The molecule has 2 aromatic carbocycles. The molecule has 0 radical (unpaired) electrons. The van der Waals surface area contributed by atoms with Crippen molar-refractivity contribution in [2.24, 2.45) is 0 Å². The zero-order valence-corrected chi connectivity index (χ0v) is 14.0. The molecule has 2 heterocycles. The number of pyridine rings is 2. The number of hydrogen-bond acceptors (Lipinski definition) is 3. The maximum absolute atomic E-state index is 12.7. The number of ketones is 1. The Morgan fingerprint density at radius 1 is 0.538 bits per heavy atom. The zero-order valence-electron chi connectivity index (χ0n) is 14.0. The fourth-order valence-corrected chi connectivity index (χ4v) is 2.86. The van der Waals surface area contributed by atoms with Gasteiger partial charge in [0.15, 0.2) is 5.78 Å². The van der Waals surface area contributed by atoms with E-state index in [0.717, 1.165) is 22.3 Å². The normalized spacial score (nSPS) is 10.5. The van der Waals surface area contributed by atoms with Gasteiger partial charge in [0.1, 0.15) is 0 Å². The molecule has 0 atom stereocenters. The van der Waals surface area contributed by atoms with E-state index in [9.17, 15) is 4.79 Å². The first-order chi connectivity index (χ1) is 12.8. The smallest absolute Gasteiger partial charge is 0.193 e. The van der Waals surface area contributed by atoms with E-state index < -0.39 is 0 Å². The number of carbonyl (C=O) groups excluding carboxylic acids is 1. The van der Waals surface area contributed by atoms with E-state index in [2.05, 4.69) is 9.97 Å². The lowest BCUT2D eigenvalue weighted by molar-refractivity contribution is 0.103. The summed E-state index contributed by atoms with van der Waals surface area (Å²) in [5.41, 5.74) is 5.50. The summed E-state index contributed by atoms with van der Waals surface area (Å²) in [5.74, 6) is 0.0143. The molecule has 0 saturated heterocycles. The van der Waals surface area contributed by atoms with Crippen LogP contribution >= 0.6 is 0 Å². The van der Waals surface area contributed by atoms with E-state index in [1.807, 2.05) is 85.2 Å². The number of carbonyl (C=O) groups is 1. The van der Waals surface area contributed by atoms with Crippen LogP contribution in [-0.4, -0.2) is 15.8 Å². The monoisotopic (exact) mass is 336 g/mol. The molecule has 0 bridgehead atoms. The molecule has 4 rings (SSSR count). The molecule has 2 aromatic heterocycles. The SMILES string of the molecule is O=C(c1ccc(-c2cccnc2)cc1)c1ccc(-c2cccnc2)cc1. The van der Waals surface area contributed by atoms with Crippen LogP contribution in [0.5, 0.6) is 0 Å². The van der Waals surface area contributed by atoms with Crippen LogP contribution in [0, 0.1) is 0 Å². The molecule has 26 heavy (non-hydrogen) atoms. The van der Waals surface area contributed by atoms with Gasteiger partial charge in [-0.15, -0.1) is 0 Å². The van der Waals surface area contributed by atoms with Crippen molar-refractivity contribution in [1.29, 1.82) is 0 Å². The van der Waals surface area contributed by atoms with Crippen molar-refractivity contribution in [3.8, 4) is 22.3 Å². The van der Waals surface area contributed by atoms with Crippen LogP contribution in [-0.2, 0) is 0 Å². The molecule has 0 fully saturated rings. The minimum atomic E-state index is 0.0143. The average molecular weight is 336 g/mol. The van der Waals surface area contributed by atoms with Crippen molar-refractivity contribution in [3.05, 3.63) is 109 Å². The topological polar surface area (TPSA) is 42.9 Å². The standard InChI is InChI=1S/C23H16N2O/c26-23(19-9-5-17(6-10-19)21-3-1-13-24-15-21)20-11-7-18(8-12-20)22-4-2-14-25-16-22/h1-16H. The Hall–Kier alpha value is -3.59. The van der Waals surface area contributed by atoms with E-state index in [-0.39, 0.29) is 5.78 Å². The Morgan fingerprint density at radius 2 is 0.962 bits per heavy atom. The minimum Gasteiger partial charge on any atom is -0.289 e. The molecule has 0 aliphatic carbocycles. The maximum atomic E-state index is 12.7. The second-order valence-corrected chi connectivity index (χ2v) is 5.97. The van der Waals surface area contributed by atoms with E-state index in [0.29, 0.717) is 11.1 Å². The van der Waals surface area contributed by atoms with Gasteiger partial charge < -0.3 is 0 Å². The van der Waals surface area contributed by atoms with E-state index in [4.69, 9.17) is 0 Å². The highest BCUT2D eigenvalue weighted by Gasteiger charge is 2.10. The Balaban J connectivity index is 1.56. The zero-order chi connectivity index (χ0) is 17.8. The lowest BCUT2D eigenvalue weighted by atomic mass is 9.98. The molecule has 4 aromatic rings. The first-order valence-electron chi connectivity index (χ1n) is 8.37. The number of hydrogen-bond donors (Lipinski definition) is 0. The fourth-order valence-electron chi connectivity index (χ4n) is 2.86. The van der Waals surface area contributed by atoms with Crippen LogP contribution in [0.3, 0.4) is 0 Å². The van der Waals surface area contributed by atoms with E-state index in [1.165, 1.54) is 0 Å². The molecule has 0 spiro atoms. The number of nitrogens with zero attached hydrogens (tertiary/aromatic N) is 2. The summed E-state index contributed by atoms with van der Waals surface area (Å²) in [6.07, 6.45) is 7.12. The Morgan fingerprint density at radius 3 is 1.31 bits per heavy atom. The van der Waals surface area contributed by atoms with Crippen LogP contribution in [0.15, 0.2) is 97.6 Å². The Bertz CT molecular complexity index is 924. The molecule has 3 nitrogen and oxygen atoms in total. The Labute approximate surface area is 152 Å². The summed E-state index contributed by atoms with van der Waals surface area (Å²) in [7, 11) is 0. The lowest BCUT2D eigenvalue weighted by Crippen LogP contribution is -2.01. The maximum Gasteiger partial charge on any atom is 0.193 e. The van der Waals surface area contributed by atoms with Crippen LogP contribution in [0.2, 0.25) is 0 Å². The predicted octanol–water partition coefficient (Wildman–Crippen LogP) is 5.04. The first kappa shape index (κ1) is 15.9. The summed E-state index contributed by atoms with van der Waals surface area (Å²) in [6.45, 7) is 0. The van der Waals surface area contributed by atoms with Crippen LogP contribution in [0.4, 0.5) is 0 Å². The number of rotatable bonds is 4. The van der Waals surface area contributed by atoms with Gasteiger partial charge in [-0.05, 0) is 34.4 Å². The van der Waals surface area contributed by atoms with Crippen molar-refractivity contribution in [2.75, 3.05) is 0 Å². The molecular weight excluding hydrogens is 320 g/mol. The molecule has 0 unspecified atom stereocenters. The average Bonchev–Trinajstić information content (AvgIpc) is 2.75. The first-order valence-corrected chi connectivity index (χ1v) is 8.37. The second kappa shape index (κ2) is 7.11. The minimum absolute atomic E-state index is 0.0143. The molecule has 0 aliphatic rings. The summed E-state index contributed by atoms with van der Waals surface area (Å²) >= 11 is 0. The summed E-state index contributed by atoms with van der Waals surface area (Å²) < 4.78 is 0. The van der Waals surface area contributed by atoms with Gasteiger partial charge in [-0.1, -0.05) is 60.7 Å². The third-order valence-corrected chi connectivity index (χ3v) is 4.28. The van der Waals surface area contributed by atoms with Crippen molar-refractivity contribution < 1.29 is 4.79 Å². The lowest BCUT2D eigenvalue weighted by Gasteiger charge is -2.06. The van der Waals surface area contributed by atoms with Crippen LogP contribution in [0.1, 0.15) is 15.9 Å².